The van der Waals surface area contributed by atoms with Crippen molar-refractivity contribution in [3.8, 4) is 0 Å². The van der Waals surface area contributed by atoms with Crippen molar-refractivity contribution in [2.24, 2.45) is 5.92 Å². The Morgan fingerprint density at radius 3 is 1.58 bits per heavy atom. The molecular formula is C25H49NaO4S. The van der Waals surface area contributed by atoms with E-state index < -0.39 is 10.4 Å². The fourth-order valence-electron chi connectivity index (χ4n) is 3.81. The molecule has 0 bridgehead atoms. The van der Waals surface area contributed by atoms with Crippen molar-refractivity contribution >= 4 is 10.4 Å². The summed E-state index contributed by atoms with van der Waals surface area (Å²) in [7, 11) is -4.61. The third-order valence-electron chi connectivity index (χ3n) is 5.74. The Morgan fingerprint density at radius 1 is 0.710 bits per heavy atom. The zero-order chi connectivity index (χ0) is 22.3. The SMILES string of the molecule is CCCCCCCC/C=C/C(CCCCCCCCCCCCC)COS(=O)(=O)[O-].[Na+]. The molecule has 0 amide bonds. The van der Waals surface area contributed by atoms with Crippen LogP contribution in [0.1, 0.15) is 136 Å². The molecule has 1 atom stereocenters. The van der Waals surface area contributed by atoms with Crippen LogP contribution in [0, 0.1) is 5.92 Å². The molecule has 0 aromatic rings. The molecule has 0 aliphatic rings. The van der Waals surface area contributed by atoms with Crippen LogP contribution < -0.4 is 29.6 Å². The molecule has 1 unspecified atom stereocenters. The zero-order valence-corrected chi connectivity index (χ0v) is 23.7. The van der Waals surface area contributed by atoms with Gasteiger partial charge in [-0.2, -0.15) is 0 Å². The molecular weight excluding hydrogens is 419 g/mol. The number of allylic oxidation sites excluding steroid dienone is 1. The second-order valence-electron chi connectivity index (χ2n) is 8.76. The first kappa shape index (κ1) is 33.8. The van der Waals surface area contributed by atoms with E-state index in [1.165, 1.54) is 103 Å². The Balaban J connectivity index is 0. The van der Waals surface area contributed by atoms with E-state index in [0.29, 0.717) is 0 Å². The Bertz CT molecular complexity index is 480. The number of unbranched alkanes of at least 4 members (excludes halogenated alkanes) is 16. The normalized spacial score (nSPS) is 12.9. The van der Waals surface area contributed by atoms with Gasteiger partial charge in [-0.1, -0.05) is 129 Å². The smallest absolute Gasteiger partial charge is 0.726 e. The fourth-order valence-corrected chi connectivity index (χ4v) is 4.15. The van der Waals surface area contributed by atoms with Crippen molar-refractivity contribution < 1.29 is 46.7 Å². The van der Waals surface area contributed by atoms with Crippen LogP contribution in [-0.4, -0.2) is 19.6 Å². The van der Waals surface area contributed by atoms with Crippen LogP contribution in [0.5, 0.6) is 0 Å². The molecule has 31 heavy (non-hydrogen) atoms. The Kier molecular flexibility index (Phi) is 27.5. The van der Waals surface area contributed by atoms with Gasteiger partial charge in [-0.25, -0.2) is 8.42 Å². The molecule has 0 saturated heterocycles. The second-order valence-corrected chi connectivity index (χ2v) is 9.81. The van der Waals surface area contributed by atoms with Gasteiger partial charge in [0, 0.05) is 5.92 Å². The van der Waals surface area contributed by atoms with Gasteiger partial charge in [0.1, 0.15) is 0 Å². The van der Waals surface area contributed by atoms with E-state index in [4.69, 9.17) is 0 Å². The van der Waals surface area contributed by atoms with Crippen LogP contribution in [0.25, 0.3) is 0 Å². The minimum absolute atomic E-state index is 0. The quantitative estimate of drug-likeness (QED) is 0.0689. The molecule has 0 heterocycles. The molecule has 0 aromatic heterocycles. The van der Waals surface area contributed by atoms with Gasteiger partial charge >= 0.3 is 29.6 Å². The molecule has 0 rings (SSSR count). The van der Waals surface area contributed by atoms with Crippen LogP contribution in [-0.2, 0) is 14.6 Å². The molecule has 0 aliphatic carbocycles. The molecule has 0 spiro atoms. The van der Waals surface area contributed by atoms with Gasteiger partial charge in [0.05, 0.1) is 6.61 Å². The maximum absolute atomic E-state index is 10.8. The van der Waals surface area contributed by atoms with Gasteiger partial charge in [0.25, 0.3) is 0 Å². The Hall–Kier alpha value is 0.610. The third-order valence-corrected chi connectivity index (χ3v) is 6.16. The first-order chi connectivity index (χ1) is 14.5. The molecule has 0 aromatic carbocycles. The zero-order valence-electron chi connectivity index (χ0n) is 20.9. The van der Waals surface area contributed by atoms with E-state index >= 15 is 0 Å². The summed E-state index contributed by atoms with van der Waals surface area (Å²) >= 11 is 0. The largest absolute Gasteiger partial charge is 1.00 e. The first-order valence-corrected chi connectivity index (χ1v) is 14.1. The number of hydrogen-bond acceptors (Lipinski definition) is 4. The van der Waals surface area contributed by atoms with E-state index in [1.807, 2.05) is 0 Å². The van der Waals surface area contributed by atoms with Crippen molar-refractivity contribution in [3.63, 3.8) is 0 Å². The van der Waals surface area contributed by atoms with E-state index in [1.54, 1.807) is 0 Å². The summed E-state index contributed by atoms with van der Waals surface area (Å²) in [5.41, 5.74) is 0. The first-order valence-electron chi connectivity index (χ1n) is 12.8. The summed E-state index contributed by atoms with van der Waals surface area (Å²) in [5.74, 6) is 0.0207. The standard InChI is InChI=1S/C25H50O4S.Na/c1-3-5-7-9-11-13-14-15-17-19-21-23-25(24-29-30(26,27)28)22-20-18-16-12-10-8-6-4-2;/h20,22,25H,3-19,21,23-24H2,1-2H3,(H,26,27,28);/q;+1/p-1/b22-20+;. The number of rotatable bonds is 23. The number of hydrogen-bond donors (Lipinski definition) is 0. The maximum Gasteiger partial charge on any atom is 1.00 e. The van der Waals surface area contributed by atoms with Crippen molar-refractivity contribution in [2.45, 2.75) is 136 Å². The van der Waals surface area contributed by atoms with Crippen molar-refractivity contribution in [2.75, 3.05) is 6.61 Å². The summed E-state index contributed by atoms with van der Waals surface area (Å²) in [4.78, 5) is 0. The Morgan fingerprint density at radius 2 is 1.13 bits per heavy atom. The van der Waals surface area contributed by atoms with Crippen molar-refractivity contribution in [3.05, 3.63) is 12.2 Å². The van der Waals surface area contributed by atoms with Gasteiger partial charge in [-0.3, -0.25) is 4.18 Å². The minimum atomic E-state index is -4.61. The van der Waals surface area contributed by atoms with Gasteiger partial charge in [0.15, 0.2) is 0 Å². The summed E-state index contributed by atoms with van der Waals surface area (Å²) in [6.45, 7) is 4.46. The van der Waals surface area contributed by atoms with E-state index in [-0.39, 0.29) is 42.1 Å². The summed E-state index contributed by atoms with van der Waals surface area (Å²) in [6.07, 6.45) is 28.0. The molecule has 0 radical (unpaired) electrons. The van der Waals surface area contributed by atoms with Crippen LogP contribution in [0.3, 0.4) is 0 Å². The molecule has 0 N–H and O–H groups in total. The summed E-state index contributed by atoms with van der Waals surface area (Å²) in [5, 5.41) is 0. The van der Waals surface area contributed by atoms with Crippen molar-refractivity contribution in [1.82, 2.24) is 0 Å². The molecule has 0 saturated carbocycles. The topological polar surface area (TPSA) is 66.4 Å². The second kappa shape index (κ2) is 25.2. The van der Waals surface area contributed by atoms with Gasteiger partial charge in [0.2, 0.25) is 10.4 Å². The molecule has 0 fully saturated rings. The monoisotopic (exact) mass is 468 g/mol. The van der Waals surface area contributed by atoms with Crippen LogP contribution >= 0.6 is 0 Å². The van der Waals surface area contributed by atoms with Gasteiger partial charge < -0.3 is 4.55 Å². The van der Waals surface area contributed by atoms with Crippen molar-refractivity contribution in [1.29, 1.82) is 0 Å². The van der Waals surface area contributed by atoms with E-state index in [9.17, 15) is 13.0 Å². The molecule has 4 nitrogen and oxygen atoms in total. The van der Waals surface area contributed by atoms with Crippen LogP contribution in [0.4, 0.5) is 0 Å². The minimum Gasteiger partial charge on any atom is -0.726 e. The molecule has 6 heteroatoms. The molecule has 180 valence electrons. The maximum atomic E-state index is 10.8. The fraction of sp³-hybridized carbons (Fsp3) is 0.920. The van der Waals surface area contributed by atoms with Crippen LogP contribution in [0.2, 0.25) is 0 Å². The Labute approximate surface area is 216 Å². The summed E-state index contributed by atoms with van der Waals surface area (Å²) < 4.78 is 36.9. The predicted octanol–water partition coefficient (Wildman–Crippen LogP) is 5.09. The van der Waals surface area contributed by atoms with E-state index in [0.717, 1.165) is 19.3 Å². The average molecular weight is 469 g/mol. The third kappa shape index (κ3) is 28.6. The van der Waals surface area contributed by atoms with E-state index in [2.05, 4.69) is 30.2 Å². The summed E-state index contributed by atoms with van der Waals surface area (Å²) in [6, 6.07) is 0. The van der Waals surface area contributed by atoms with Gasteiger partial charge in [-0.05, 0) is 19.3 Å². The average Bonchev–Trinajstić information content (AvgIpc) is 2.70. The van der Waals surface area contributed by atoms with Crippen LogP contribution in [0.15, 0.2) is 12.2 Å². The predicted molar refractivity (Wildman–Crippen MR) is 127 cm³/mol. The van der Waals surface area contributed by atoms with Gasteiger partial charge in [-0.15, -0.1) is 0 Å². The molecule has 0 aliphatic heterocycles.